The number of hydrogen-bond donors (Lipinski definition) is 3. The molecule has 0 saturated heterocycles. The number of aromatic hydroxyl groups is 3. The summed E-state index contributed by atoms with van der Waals surface area (Å²) in [6.45, 7) is 32.1. The average molecular weight is 607 g/mol. The monoisotopic (exact) mass is 606 g/mol. The highest BCUT2D eigenvalue weighted by molar-refractivity contribution is 5.94. The highest BCUT2D eigenvalue weighted by atomic mass is 16.3. The molecular weight excluding hydrogens is 552 g/mol. The first-order valence-electron chi connectivity index (χ1n) is 16.1. The molecule has 0 heterocycles. The van der Waals surface area contributed by atoms with Crippen molar-refractivity contribution in [1.29, 1.82) is 0 Å². The second-order valence-corrected chi connectivity index (χ2v) is 16.3. The van der Waals surface area contributed by atoms with E-state index in [4.69, 9.17) is 0 Å². The minimum absolute atomic E-state index is 0.241. The molecule has 3 nitrogen and oxygen atoms in total. The SMILES string of the molecule is Cc1cc(O)c(C(C)(C)C)cc1-c1c(C)c(-c2cc(C(C)(C)C)c(O)cc2C)c(C)c(-c2cc(C(C)(C)C)c(O)cc2C)c1C. The fraction of sp³-hybridized carbons (Fsp3) is 0.429. The topological polar surface area (TPSA) is 60.7 Å². The maximum Gasteiger partial charge on any atom is 0.119 e. The molecule has 0 bridgehead atoms. The van der Waals surface area contributed by atoms with E-state index in [2.05, 4.69) is 122 Å². The van der Waals surface area contributed by atoms with Gasteiger partial charge in [0, 0.05) is 0 Å². The van der Waals surface area contributed by atoms with E-state index in [1.807, 2.05) is 18.2 Å². The summed E-state index contributed by atoms with van der Waals surface area (Å²) in [7, 11) is 0. The second kappa shape index (κ2) is 11.3. The van der Waals surface area contributed by atoms with E-state index in [1.165, 1.54) is 16.7 Å². The lowest BCUT2D eigenvalue weighted by molar-refractivity contribution is 0.445. The second-order valence-electron chi connectivity index (χ2n) is 16.3. The Bertz CT molecular complexity index is 1580. The maximum absolute atomic E-state index is 11.0. The van der Waals surface area contributed by atoms with Crippen molar-refractivity contribution < 1.29 is 15.3 Å². The number of phenolic OH excluding ortho intramolecular Hbond substituents is 3. The van der Waals surface area contributed by atoms with Crippen LogP contribution in [0.5, 0.6) is 17.2 Å². The van der Waals surface area contributed by atoms with Crippen molar-refractivity contribution in [2.45, 2.75) is 120 Å². The average Bonchev–Trinajstić information content (AvgIpc) is 2.85. The minimum Gasteiger partial charge on any atom is -0.508 e. The van der Waals surface area contributed by atoms with E-state index in [0.29, 0.717) is 17.2 Å². The van der Waals surface area contributed by atoms with Crippen molar-refractivity contribution in [2.75, 3.05) is 0 Å². The van der Waals surface area contributed by atoms with Crippen LogP contribution >= 0.6 is 0 Å². The van der Waals surface area contributed by atoms with Gasteiger partial charge in [-0.2, -0.15) is 0 Å². The Morgan fingerprint density at radius 2 is 0.556 bits per heavy atom. The fourth-order valence-corrected chi connectivity index (χ4v) is 7.12. The van der Waals surface area contributed by atoms with Crippen molar-refractivity contribution in [2.24, 2.45) is 0 Å². The van der Waals surface area contributed by atoms with Gasteiger partial charge in [0.15, 0.2) is 0 Å². The van der Waals surface area contributed by atoms with Gasteiger partial charge in [0.05, 0.1) is 0 Å². The van der Waals surface area contributed by atoms with E-state index in [9.17, 15) is 15.3 Å². The summed E-state index contributed by atoms with van der Waals surface area (Å²) in [6, 6.07) is 12.2. The van der Waals surface area contributed by atoms with Gasteiger partial charge in [0.2, 0.25) is 0 Å². The Balaban J connectivity index is 2.28. The lowest BCUT2D eigenvalue weighted by Gasteiger charge is -2.29. The molecule has 4 aromatic carbocycles. The minimum atomic E-state index is -0.241. The lowest BCUT2D eigenvalue weighted by atomic mass is 9.75. The van der Waals surface area contributed by atoms with Crippen LogP contribution in [-0.2, 0) is 16.2 Å². The Morgan fingerprint density at radius 3 is 0.733 bits per heavy atom. The van der Waals surface area contributed by atoms with E-state index in [0.717, 1.165) is 66.8 Å². The van der Waals surface area contributed by atoms with Crippen LogP contribution in [0.1, 0.15) is 112 Å². The zero-order valence-electron chi connectivity index (χ0n) is 30.3. The molecule has 3 heteroatoms. The van der Waals surface area contributed by atoms with Crippen LogP contribution in [0.3, 0.4) is 0 Å². The molecule has 0 spiro atoms. The molecule has 0 unspecified atom stereocenters. The molecule has 0 aromatic heterocycles. The quantitative estimate of drug-likeness (QED) is 0.217. The number of phenols is 3. The molecule has 0 radical (unpaired) electrons. The van der Waals surface area contributed by atoms with Gasteiger partial charge >= 0.3 is 0 Å². The van der Waals surface area contributed by atoms with Crippen LogP contribution in [-0.4, -0.2) is 15.3 Å². The van der Waals surface area contributed by atoms with Gasteiger partial charge in [-0.25, -0.2) is 0 Å². The molecule has 45 heavy (non-hydrogen) atoms. The lowest BCUT2D eigenvalue weighted by Crippen LogP contribution is -2.13. The van der Waals surface area contributed by atoms with Crippen LogP contribution in [0.2, 0.25) is 0 Å². The molecule has 4 aromatic rings. The van der Waals surface area contributed by atoms with Gasteiger partial charge in [-0.05, 0) is 178 Å². The third kappa shape index (κ3) is 6.11. The Morgan fingerprint density at radius 1 is 0.356 bits per heavy atom. The van der Waals surface area contributed by atoms with Crippen molar-refractivity contribution >= 4 is 0 Å². The van der Waals surface area contributed by atoms with Crippen LogP contribution < -0.4 is 0 Å². The predicted molar refractivity (Wildman–Crippen MR) is 192 cm³/mol. The number of hydrogen-bond acceptors (Lipinski definition) is 3. The first kappa shape index (κ1) is 34.2. The third-order valence-electron chi connectivity index (χ3n) is 9.51. The summed E-state index contributed by atoms with van der Waals surface area (Å²) < 4.78 is 0. The molecular formula is C42H54O3. The molecule has 0 aliphatic heterocycles. The van der Waals surface area contributed by atoms with Gasteiger partial charge in [0.25, 0.3) is 0 Å². The summed E-state index contributed by atoms with van der Waals surface area (Å²) in [4.78, 5) is 0. The molecule has 4 rings (SSSR count). The van der Waals surface area contributed by atoms with Crippen LogP contribution in [0.25, 0.3) is 33.4 Å². The van der Waals surface area contributed by atoms with Gasteiger partial charge in [0.1, 0.15) is 17.2 Å². The normalized spacial score (nSPS) is 12.6. The molecule has 240 valence electrons. The van der Waals surface area contributed by atoms with E-state index in [-0.39, 0.29) is 16.2 Å². The third-order valence-corrected chi connectivity index (χ3v) is 9.51. The first-order chi connectivity index (χ1) is 20.5. The van der Waals surface area contributed by atoms with Gasteiger partial charge in [-0.1, -0.05) is 62.3 Å². The van der Waals surface area contributed by atoms with Crippen LogP contribution in [0, 0.1) is 41.5 Å². The summed E-state index contributed by atoms with van der Waals surface area (Å²) in [5.74, 6) is 0.958. The zero-order valence-corrected chi connectivity index (χ0v) is 30.3. The van der Waals surface area contributed by atoms with Crippen LogP contribution in [0.4, 0.5) is 0 Å². The number of aryl methyl sites for hydroxylation is 3. The van der Waals surface area contributed by atoms with Gasteiger partial charge < -0.3 is 15.3 Å². The first-order valence-corrected chi connectivity index (χ1v) is 16.1. The molecule has 0 amide bonds. The number of rotatable bonds is 3. The molecule has 0 aliphatic carbocycles. The summed E-state index contributed by atoms with van der Waals surface area (Å²) in [5.41, 5.74) is 15.4. The summed E-state index contributed by atoms with van der Waals surface area (Å²) in [6.07, 6.45) is 0. The summed E-state index contributed by atoms with van der Waals surface area (Å²) >= 11 is 0. The Labute approximate surface area is 272 Å². The highest BCUT2D eigenvalue weighted by Crippen LogP contribution is 2.49. The van der Waals surface area contributed by atoms with Crippen LogP contribution in [0.15, 0.2) is 36.4 Å². The number of benzene rings is 4. The molecule has 0 saturated carbocycles. The van der Waals surface area contributed by atoms with E-state index < -0.39 is 0 Å². The Hall–Kier alpha value is -3.72. The van der Waals surface area contributed by atoms with Crippen molar-refractivity contribution in [3.63, 3.8) is 0 Å². The Kier molecular flexibility index (Phi) is 8.55. The largest absolute Gasteiger partial charge is 0.508 e. The molecule has 3 N–H and O–H groups in total. The molecule has 0 aliphatic rings. The maximum atomic E-state index is 11.0. The van der Waals surface area contributed by atoms with Gasteiger partial charge in [-0.3, -0.25) is 0 Å². The molecule has 0 atom stereocenters. The predicted octanol–water partition coefficient (Wildman–Crippen LogP) is 11.5. The smallest absolute Gasteiger partial charge is 0.119 e. The highest BCUT2D eigenvalue weighted by Gasteiger charge is 2.29. The zero-order chi connectivity index (χ0) is 34.1. The van der Waals surface area contributed by atoms with Crippen molar-refractivity contribution in [3.8, 4) is 50.6 Å². The van der Waals surface area contributed by atoms with E-state index >= 15 is 0 Å². The van der Waals surface area contributed by atoms with Crippen molar-refractivity contribution in [3.05, 3.63) is 86.5 Å². The fourth-order valence-electron chi connectivity index (χ4n) is 7.12. The standard InChI is InChI=1S/C42H54O3/c1-22-16-34(43)31(40(7,8)9)19-28(22)37-25(4)38(29-20-32(41(10,11)12)35(44)17-23(29)2)27(6)39(26(37)5)30-21-33(42(13,14)15)36(45)18-24(30)3/h16-21,43-45H,1-15H3. The van der Waals surface area contributed by atoms with Crippen molar-refractivity contribution in [1.82, 2.24) is 0 Å². The summed E-state index contributed by atoms with van der Waals surface area (Å²) in [5, 5.41) is 33.1. The van der Waals surface area contributed by atoms with Gasteiger partial charge in [-0.15, -0.1) is 0 Å². The molecule has 0 fully saturated rings. The van der Waals surface area contributed by atoms with E-state index in [1.54, 1.807) is 0 Å².